The molecular formula is C14H23N3O2. The summed E-state index contributed by atoms with van der Waals surface area (Å²) in [5.74, 6) is 1.41. The number of anilines is 1. The Bertz CT molecular complexity index is 367. The lowest BCUT2D eigenvalue weighted by molar-refractivity contribution is 0.0658. The third-order valence-corrected chi connectivity index (χ3v) is 3.16. The van der Waals surface area contributed by atoms with E-state index in [1.165, 1.54) is 32.0 Å². The lowest BCUT2D eigenvalue weighted by atomic mass is 10.3. The SMILES string of the molecule is CCCOc1cc(NCCOC2CCCC2)ncn1. The second kappa shape index (κ2) is 7.94. The molecule has 0 aromatic carbocycles. The van der Waals surface area contributed by atoms with E-state index in [1.807, 2.05) is 6.07 Å². The molecule has 19 heavy (non-hydrogen) atoms. The minimum atomic E-state index is 0.468. The number of hydrogen-bond acceptors (Lipinski definition) is 5. The molecule has 5 heteroatoms. The van der Waals surface area contributed by atoms with Crippen molar-refractivity contribution in [3.63, 3.8) is 0 Å². The summed E-state index contributed by atoms with van der Waals surface area (Å²) in [6, 6.07) is 1.82. The first kappa shape index (κ1) is 14.1. The van der Waals surface area contributed by atoms with Crippen molar-refractivity contribution in [1.29, 1.82) is 0 Å². The molecule has 5 nitrogen and oxygen atoms in total. The third-order valence-electron chi connectivity index (χ3n) is 3.16. The fraction of sp³-hybridized carbons (Fsp3) is 0.714. The van der Waals surface area contributed by atoms with Crippen LogP contribution in [0, 0.1) is 0 Å². The van der Waals surface area contributed by atoms with Crippen LogP contribution in [0.3, 0.4) is 0 Å². The highest BCUT2D eigenvalue weighted by Gasteiger charge is 2.14. The van der Waals surface area contributed by atoms with Gasteiger partial charge in [0.2, 0.25) is 5.88 Å². The molecule has 0 aliphatic heterocycles. The van der Waals surface area contributed by atoms with Crippen LogP contribution in [0.4, 0.5) is 5.82 Å². The molecule has 106 valence electrons. The van der Waals surface area contributed by atoms with Crippen molar-refractivity contribution in [3.8, 4) is 5.88 Å². The van der Waals surface area contributed by atoms with Crippen molar-refractivity contribution in [2.24, 2.45) is 0 Å². The molecule has 2 rings (SSSR count). The standard InChI is InChI=1S/C14H23N3O2/c1-2-8-19-14-10-13(16-11-17-14)15-7-9-18-12-5-3-4-6-12/h10-12H,2-9H2,1H3,(H,15,16,17). The van der Waals surface area contributed by atoms with E-state index in [2.05, 4.69) is 22.2 Å². The summed E-state index contributed by atoms with van der Waals surface area (Å²) in [6.07, 6.45) is 8.00. The van der Waals surface area contributed by atoms with Crippen molar-refractivity contribution in [2.45, 2.75) is 45.1 Å². The maximum absolute atomic E-state index is 5.78. The molecule has 1 aliphatic rings. The van der Waals surface area contributed by atoms with E-state index >= 15 is 0 Å². The molecular weight excluding hydrogens is 242 g/mol. The molecule has 0 spiro atoms. The van der Waals surface area contributed by atoms with Gasteiger partial charge in [-0.15, -0.1) is 0 Å². The third kappa shape index (κ3) is 5.03. The first-order chi connectivity index (χ1) is 9.38. The van der Waals surface area contributed by atoms with E-state index in [-0.39, 0.29) is 0 Å². The Morgan fingerprint density at radius 3 is 2.89 bits per heavy atom. The number of nitrogens with zero attached hydrogens (tertiary/aromatic N) is 2. The Labute approximate surface area is 114 Å². The number of ether oxygens (including phenoxy) is 2. The molecule has 0 unspecified atom stereocenters. The molecule has 0 saturated heterocycles. The molecule has 0 radical (unpaired) electrons. The average molecular weight is 265 g/mol. The van der Waals surface area contributed by atoms with Crippen molar-refractivity contribution in [2.75, 3.05) is 25.1 Å². The zero-order chi connectivity index (χ0) is 13.3. The van der Waals surface area contributed by atoms with Gasteiger partial charge in [-0.1, -0.05) is 19.8 Å². The Morgan fingerprint density at radius 2 is 2.11 bits per heavy atom. The maximum Gasteiger partial charge on any atom is 0.218 e. The number of hydrogen-bond donors (Lipinski definition) is 1. The van der Waals surface area contributed by atoms with Gasteiger partial charge in [0.05, 0.1) is 19.3 Å². The van der Waals surface area contributed by atoms with Crippen LogP contribution in [0.1, 0.15) is 39.0 Å². The van der Waals surface area contributed by atoms with Crippen LogP contribution >= 0.6 is 0 Å². The van der Waals surface area contributed by atoms with Gasteiger partial charge in [-0.25, -0.2) is 9.97 Å². The van der Waals surface area contributed by atoms with E-state index < -0.39 is 0 Å². The predicted octanol–water partition coefficient (Wildman–Crippen LogP) is 2.64. The molecule has 1 saturated carbocycles. The van der Waals surface area contributed by atoms with Crippen LogP contribution < -0.4 is 10.1 Å². The minimum Gasteiger partial charge on any atom is -0.478 e. The Hall–Kier alpha value is -1.36. The second-order valence-corrected chi connectivity index (χ2v) is 4.79. The molecule has 1 aromatic rings. The molecule has 0 amide bonds. The number of aromatic nitrogens is 2. The highest BCUT2D eigenvalue weighted by molar-refractivity contribution is 5.36. The van der Waals surface area contributed by atoms with Crippen molar-refractivity contribution >= 4 is 5.82 Å². The summed E-state index contributed by atoms with van der Waals surface area (Å²) in [5, 5.41) is 3.23. The summed E-state index contributed by atoms with van der Waals surface area (Å²) in [7, 11) is 0. The van der Waals surface area contributed by atoms with Crippen LogP contribution in [0.15, 0.2) is 12.4 Å². The van der Waals surface area contributed by atoms with Gasteiger partial charge in [0.25, 0.3) is 0 Å². The fourth-order valence-electron chi connectivity index (χ4n) is 2.18. The Morgan fingerprint density at radius 1 is 1.26 bits per heavy atom. The molecule has 1 aromatic heterocycles. The van der Waals surface area contributed by atoms with Gasteiger partial charge >= 0.3 is 0 Å². The number of rotatable bonds is 8. The van der Waals surface area contributed by atoms with Crippen LogP contribution in [0.25, 0.3) is 0 Å². The monoisotopic (exact) mass is 265 g/mol. The number of nitrogens with one attached hydrogen (secondary N) is 1. The molecule has 1 fully saturated rings. The normalized spacial score (nSPS) is 15.6. The molecule has 0 bridgehead atoms. The topological polar surface area (TPSA) is 56.3 Å². The largest absolute Gasteiger partial charge is 0.478 e. The van der Waals surface area contributed by atoms with E-state index in [0.29, 0.717) is 18.6 Å². The van der Waals surface area contributed by atoms with E-state index in [9.17, 15) is 0 Å². The lowest BCUT2D eigenvalue weighted by Crippen LogP contribution is -2.16. The van der Waals surface area contributed by atoms with Crippen molar-refractivity contribution in [3.05, 3.63) is 12.4 Å². The van der Waals surface area contributed by atoms with E-state index in [1.54, 1.807) is 0 Å². The predicted molar refractivity (Wildman–Crippen MR) is 74.5 cm³/mol. The molecule has 1 aliphatic carbocycles. The summed E-state index contributed by atoms with van der Waals surface area (Å²) in [5.41, 5.74) is 0. The Balaban J connectivity index is 1.66. The van der Waals surface area contributed by atoms with Gasteiger partial charge in [-0.2, -0.15) is 0 Å². The zero-order valence-electron chi connectivity index (χ0n) is 11.6. The van der Waals surface area contributed by atoms with Crippen LogP contribution in [-0.4, -0.2) is 35.8 Å². The zero-order valence-corrected chi connectivity index (χ0v) is 11.6. The smallest absolute Gasteiger partial charge is 0.218 e. The van der Waals surface area contributed by atoms with Crippen LogP contribution in [0.5, 0.6) is 5.88 Å². The van der Waals surface area contributed by atoms with Crippen LogP contribution in [0.2, 0.25) is 0 Å². The molecule has 1 N–H and O–H groups in total. The van der Waals surface area contributed by atoms with Gasteiger partial charge in [0.15, 0.2) is 0 Å². The van der Waals surface area contributed by atoms with Gasteiger partial charge in [-0.3, -0.25) is 0 Å². The Kier molecular flexibility index (Phi) is 5.88. The first-order valence-corrected chi connectivity index (χ1v) is 7.19. The summed E-state index contributed by atoms with van der Waals surface area (Å²) >= 11 is 0. The lowest BCUT2D eigenvalue weighted by Gasteiger charge is -2.12. The summed E-state index contributed by atoms with van der Waals surface area (Å²) in [4.78, 5) is 8.22. The van der Waals surface area contributed by atoms with Gasteiger partial charge in [0.1, 0.15) is 12.1 Å². The maximum atomic E-state index is 5.78. The molecule has 1 heterocycles. The molecule has 0 atom stereocenters. The van der Waals surface area contributed by atoms with Gasteiger partial charge in [0, 0.05) is 12.6 Å². The summed E-state index contributed by atoms with van der Waals surface area (Å²) in [6.45, 7) is 4.24. The van der Waals surface area contributed by atoms with E-state index in [0.717, 1.165) is 25.4 Å². The second-order valence-electron chi connectivity index (χ2n) is 4.79. The quantitative estimate of drug-likeness (QED) is 0.732. The highest BCUT2D eigenvalue weighted by Crippen LogP contribution is 2.20. The first-order valence-electron chi connectivity index (χ1n) is 7.19. The summed E-state index contributed by atoms with van der Waals surface area (Å²) < 4.78 is 11.2. The minimum absolute atomic E-state index is 0.468. The fourth-order valence-corrected chi connectivity index (χ4v) is 2.18. The van der Waals surface area contributed by atoms with Gasteiger partial charge < -0.3 is 14.8 Å². The highest BCUT2D eigenvalue weighted by atomic mass is 16.5. The van der Waals surface area contributed by atoms with Gasteiger partial charge in [-0.05, 0) is 19.3 Å². The van der Waals surface area contributed by atoms with Crippen molar-refractivity contribution < 1.29 is 9.47 Å². The van der Waals surface area contributed by atoms with Crippen molar-refractivity contribution in [1.82, 2.24) is 9.97 Å². The van der Waals surface area contributed by atoms with E-state index in [4.69, 9.17) is 9.47 Å². The average Bonchev–Trinajstić information content (AvgIpc) is 2.95. The van der Waals surface area contributed by atoms with Crippen LogP contribution in [-0.2, 0) is 4.74 Å².